The number of hydrogen-bond donors (Lipinski definition) is 0. The highest BCUT2D eigenvalue weighted by Gasteiger charge is 2.53. The summed E-state index contributed by atoms with van der Waals surface area (Å²) in [4.78, 5) is 1.74. The van der Waals surface area contributed by atoms with Crippen molar-refractivity contribution in [3.63, 3.8) is 0 Å². The summed E-state index contributed by atoms with van der Waals surface area (Å²) >= 11 is 1.84. The monoisotopic (exact) mass is 381 g/mol. The third kappa shape index (κ3) is 2.49. The fraction of sp³-hybridized carbons (Fsp3) is 0.238. The fourth-order valence-electron chi connectivity index (χ4n) is 3.95. The van der Waals surface area contributed by atoms with Crippen LogP contribution in [0.1, 0.15) is 16.4 Å². The lowest BCUT2D eigenvalue weighted by Gasteiger charge is -2.22. The summed E-state index contributed by atoms with van der Waals surface area (Å²) in [6.45, 7) is 2.53. The van der Waals surface area contributed by atoms with Crippen LogP contribution in [0.25, 0.3) is 10.1 Å². The second-order valence-corrected chi connectivity index (χ2v) is 10.2. The van der Waals surface area contributed by atoms with Gasteiger partial charge in [0.05, 0.1) is 4.90 Å². The average Bonchev–Trinajstić information content (AvgIpc) is 3.21. The molecule has 5 rings (SSSR count). The summed E-state index contributed by atoms with van der Waals surface area (Å²) in [5.41, 5.74) is 1.06. The molecule has 1 fully saturated rings. The summed E-state index contributed by atoms with van der Waals surface area (Å²) in [6, 6.07) is 17.8. The van der Waals surface area contributed by atoms with Crippen molar-refractivity contribution in [1.29, 1.82) is 0 Å². The first-order valence-electron chi connectivity index (χ1n) is 8.79. The van der Waals surface area contributed by atoms with Gasteiger partial charge in [0.2, 0.25) is 0 Å². The molecule has 0 N–H and O–H groups in total. The molecule has 26 heavy (non-hydrogen) atoms. The zero-order valence-electron chi connectivity index (χ0n) is 14.4. The minimum Gasteiger partial charge on any atom is -0.273 e. The Kier molecular flexibility index (Phi) is 3.52. The Morgan fingerprint density at radius 3 is 2.62 bits per heavy atom. The topological polar surface area (TPSA) is 37.4 Å². The van der Waals surface area contributed by atoms with Gasteiger partial charge in [-0.2, -0.15) is 0 Å². The average molecular weight is 382 g/mol. The van der Waals surface area contributed by atoms with Gasteiger partial charge in [-0.15, -0.1) is 11.3 Å². The molecule has 0 spiro atoms. The molecule has 0 radical (unpaired) electrons. The molecule has 1 aromatic heterocycles. The molecule has 3 nitrogen and oxygen atoms in total. The van der Waals surface area contributed by atoms with Crippen molar-refractivity contribution < 1.29 is 8.42 Å². The standard InChI is InChI=1S/C21H19NO2S2/c1-14-6-8-16(9-7-14)26(23,24)22-11-10-17-18(13-22)21(17)20-12-15-4-2-3-5-19(15)25-20/h2-12,17-18,21H,13H2,1H3/t17-,18+,21+/m1/s1. The van der Waals surface area contributed by atoms with Crippen LogP contribution in [-0.4, -0.2) is 19.3 Å². The fourth-order valence-corrected chi connectivity index (χ4v) is 6.60. The minimum absolute atomic E-state index is 0.366. The van der Waals surface area contributed by atoms with Crippen LogP contribution in [-0.2, 0) is 10.0 Å². The molecule has 2 aliphatic rings. The molecule has 1 aliphatic carbocycles. The van der Waals surface area contributed by atoms with Crippen molar-refractivity contribution in [1.82, 2.24) is 4.31 Å². The Morgan fingerprint density at radius 1 is 1.08 bits per heavy atom. The van der Waals surface area contributed by atoms with Gasteiger partial charge in [0.25, 0.3) is 10.0 Å². The van der Waals surface area contributed by atoms with E-state index in [1.54, 1.807) is 18.3 Å². The number of aryl methyl sites for hydroxylation is 1. The Labute approximate surface area is 157 Å². The highest BCUT2D eigenvalue weighted by atomic mass is 32.2. The number of sulfonamides is 1. The summed E-state index contributed by atoms with van der Waals surface area (Å²) in [5, 5.41) is 1.28. The van der Waals surface area contributed by atoms with Crippen LogP contribution in [0.2, 0.25) is 0 Å². The molecule has 2 heterocycles. The molecule has 0 saturated heterocycles. The van der Waals surface area contributed by atoms with Crippen LogP contribution < -0.4 is 0 Å². The van der Waals surface area contributed by atoms with E-state index in [-0.39, 0.29) is 0 Å². The highest BCUT2D eigenvalue weighted by Crippen LogP contribution is 2.59. The maximum Gasteiger partial charge on any atom is 0.263 e. The smallest absolute Gasteiger partial charge is 0.263 e. The number of nitrogens with zero attached hydrogens (tertiary/aromatic N) is 1. The Bertz CT molecular complexity index is 1080. The molecule has 1 saturated carbocycles. The molecular formula is C21H19NO2S2. The molecule has 0 bridgehead atoms. The predicted octanol–water partition coefficient (Wildman–Crippen LogP) is 4.76. The molecule has 2 aromatic carbocycles. The van der Waals surface area contributed by atoms with Crippen LogP contribution in [0.4, 0.5) is 0 Å². The number of benzene rings is 2. The largest absolute Gasteiger partial charge is 0.273 e. The molecule has 1 aliphatic heterocycles. The van der Waals surface area contributed by atoms with Gasteiger partial charge in [0, 0.05) is 28.2 Å². The lowest BCUT2D eigenvalue weighted by Crippen LogP contribution is -2.30. The van der Waals surface area contributed by atoms with Crippen molar-refractivity contribution in [2.24, 2.45) is 11.8 Å². The molecular weight excluding hydrogens is 362 g/mol. The van der Waals surface area contributed by atoms with Crippen LogP contribution in [0.5, 0.6) is 0 Å². The number of hydrogen-bond acceptors (Lipinski definition) is 3. The van der Waals surface area contributed by atoms with Crippen molar-refractivity contribution in [3.8, 4) is 0 Å². The molecule has 132 valence electrons. The van der Waals surface area contributed by atoms with E-state index in [9.17, 15) is 8.42 Å². The number of thiophene rings is 1. The SMILES string of the molecule is Cc1ccc(S(=O)(=O)N2C=C[C@@H]3[C@H](C2)[C@H]3c2cc3ccccc3s2)cc1. The summed E-state index contributed by atoms with van der Waals surface area (Å²) in [6.07, 6.45) is 3.85. The lowest BCUT2D eigenvalue weighted by molar-refractivity contribution is 0.461. The van der Waals surface area contributed by atoms with Gasteiger partial charge >= 0.3 is 0 Å². The van der Waals surface area contributed by atoms with E-state index in [0.29, 0.717) is 29.2 Å². The summed E-state index contributed by atoms with van der Waals surface area (Å²) in [7, 11) is -3.47. The van der Waals surface area contributed by atoms with Gasteiger partial charge in [-0.05, 0) is 48.4 Å². The van der Waals surface area contributed by atoms with E-state index in [0.717, 1.165) is 5.56 Å². The highest BCUT2D eigenvalue weighted by molar-refractivity contribution is 7.89. The van der Waals surface area contributed by atoms with Crippen molar-refractivity contribution in [2.45, 2.75) is 17.7 Å². The van der Waals surface area contributed by atoms with Gasteiger partial charge in [0.15, 0.2) is 0 Å². The van der Waals surface area contributed by atoms with Gasteiger partial charge < -0.3 is 0 Å². The Hall–Kier alpha value is -2.11. The number of allylic oxidation sites excluding steroid dienone is 1. The third-order valence-corrected chi connectivity index (χ3v) is 8.47. The van der Waals surface area contributed by atoms with Crippen molar-refractivity contribution in [2.75, 3.05) is 6.54 Å². The van der Waals surface area contributed by atoms with Crippen molar-refractivity contribution >= 4 is 31.4 Å². The maximum atomic E-state index is 12.9. The molecule has 0 amide bonds. The second kappa shape index (κ2) is 5.69. The minimum atomic E-state index is -3.47. The summed E-state index contributed by atoms with van der Waals surface area (Å²) in [5.74, 6) is 1.29. The lowest BCUT2D eigenvalue weighted by atomic mass is 10.2. The van der Waals surface area contributed by atoms with Crippen LogP contribution >= 0.6 is 11.3 Å². The molecule has 0 unspecified atom stereocenters. The van der Waals surface area contributed by atoms with E-state index in [2.05, 4.69) is 36.4 Å². The van der Waals surface area contributed by atoms with Gasteiger partial charge in [-0.25, -0.2) is 8.42 Å². The van der Waals surface area contributed by atoms with Crippen molar-refractivity contribution in [3.05, 3.63) is 77.3 Å². The zero-order valence-corrected chi connectivity index (χ0v) is 16.0. The van der Waals surface area contributed by atoms with E-state index >= 15 is 0 Å². The van der Waals surface area contributed by atoms with Gasteiger partial charge in [-0.1, -0.05) is 42.0 Å². The van der Waals surface area contributed by atoms with Crippen LogP contribution in [0, 0.1) is 18.8 Å². The Balaban J connectivity index is 1.40. The molecule has 3 atom stereocenters. The quantitative estimate of drug-likeness (QED) is 0.656. The van der Waals surface area contributed by atoms with E-state index in [4.69, 9.17) is 0 Å². The van der Waals surface area contributed by atoms with E-state index < -0.39 is 10.0 Å². The Morgan fingerprint density at radius 2 is 1.85 bits per heavy atom. The first-order chi connectivity index (χ1) is 12.5. The predicted molar refractivity (Wildman–Crippen MR) is 106 cm³/mol. The number of fused-ring (bicyclic) bond motifs is 2. The first kappa shape index (κ1) is 16.1. The van der Waals surface area contributed by atoms with Gasteiger partial charge in [0.1, 0.15) is 0 Å². The summed E-state index contributed by atoms with van der Waals surface area (Å²) < 4.78 is 28.7. The van der Waals surface area contributed by atoms with E-state index in [1.165, 1.54) is 19.3 Å². The normalized spacial score (nSPS) is 24.7. The number of rotatable bonds is 3. The van der Waals surface area contributed by atoms with Crippen LogP contribution in [0.15, 0.2) is 71.8 Å². The first-order valence-corrected chi connectivity index (χ1v) is 11.0. The maximum absolute atomic E-state index is 12.9. The van der Waals surface area contributed by atoms with E-state index in [1.807, 2.05) is 30.4 Å². The molecule has 3 aromatic rings. The third-order valence-electron chi connectivity index (χ3n) is 5.50. The van der Waals surface area contributed by atoms with Crippen LogP contribution in [0.3, 0.4) is 0 Å². The zero-order chi connectivity index (χ0) is 17.9. The van der Waals surface area contributed by atoms with Gasteiger partial charge in [-0.3, -0.25) is 4.31 Å². The molecule has 5 heteroatoms. The second-order valence-electron chi connectivity index (χ2n) is 7.18.